The molecule has 0 aliphatic carbocycles. The highest BCUT2D eigenvalue weighted by Gasteiger charge is 2.46. The number of carbonyl (C=O) groups excluding carboxylic acids is 8. The van der Waals surface area contributed by atoms with E-state index in [1.165, 1.54) is 0 Å². The summed E-state index contributed by atoms with van der Waals surface area (Å²) in [6.07, 6.45) is -17.2. The van der Waals surface area contributed by atoms with Crippen LogP contribution < -0.4 is 37.2 Å². The standard InChI is InChI=1S/C65H118N7O33P/c1-95-106(93,94)102-32-7-3-2-5-23-66-46(77)16-8-17-52(83)72-65(39-96-33-20-49(80)67-24-6-4-14-42(76)15-9-29-99-62-59(90)56(87)53(84)43(36-73)103-62,40-97-34-21-50(81)70-27-12-25-68-47(78)18-10-30-100-63-60(91)57(88)54(85)44(37-74)104-63)41-98-35-22-51(82)71-28-13-26-69-48(79)19-11-31-101-64-61(92)58(89)55(86)45(38-75)105-64/h43-45,53-64,73-75,84-92H,2-41H2,1H3,(H,66,77)(H,67,80)(H,68,78)(H,69,79)(H,70,81)(H,71,82)(H,72,83)(H,93,94)/t43?,44?,45?,53-,54-,55-,56+,57+,58+,59?,60?,61?,62-,63-,64-,65?/m1/s1. The average molecular weight is 1560 g/mol. The highest BCUT2D eigenvalue weighted by atomic mass is 31.2. The molecule has 20 N–H and O–H groups in total. The van der Waals surface area contributed by atoms with Crippen LogP contribution in [0.15, 0.2) is 0 Å². The SMILES string of the molecule is COP(=O)(O)OCCCCCCNC(=O)CCCC(=O)NC(COCCC(=O)NCCCCC(=O)CCCO[C@@H]1OC(CO)[C@@H](O)[C@H](O)C1O)(COCCC(=O)NCCCNC(=O)CCCO[C@@H]1OC(CO)[C@@H](O)[C@H](O)C1O)COCCC(=O)NCCCNC(=O)CCCO[C@@H]1OC(CO)[C@@H](O)[C@H](O)C1O. The van der Waals surface area contributed by atoms with Crippen molar-refractivity contribution < 1.29 is 161 Å². The maximum atomic E-state index is 13.8. The van der Waals surface area contributed by atoms with E-state index in [2.05, 4.69) is 41.7 Å². The van der Waals surface area contributed by atoms with Gasteiger partial charge in [-0.1, -0.05) is 12.8 Å². The number of ether oxygens (including phenoxy) is 9. The quantitative estimate of drug-likeness (QED) is 0.0199. The van der Waals surface area contributed by atoms with E-state index in [1.807, 2.05) is 0 Å². The monoisotopic (exact) mass is 1560 g/mol. The molecule has 616 valence electrons. The number of nitrogens with one attached hydrogen (secondary N) is 7. The maximum absolute atomic E-state index is 13.8. The normalized spacial score (nSPS) is 25.7. The zero-order chi connectivity index (χ0) is 78.3. The topological polar surface area (TPSA) is 602 Å². The summed E-state index contributed by atoms with van der Waals surface area (Å²) in [5.74, 6) is -2.89. The fraction of sp³-hybridized carbons (Fsp3) is 0.877. The molecule has 0 aromatic rings. The van der Waals surface area contributed by atoms with Gasteiger partial charge in [-0.25, -0.2) is 4.57 Å². The predicted octanol–water partition coefficient (Wildman–Crippen LogP) is -6.44. The molecule has 3 heterocycles. The van der Waals surface area contributed by atoms with Gasteiger partial charge in [-0.05, 0) is 64.2 Å². The summed E-state index contributed by atoms with van der Waals surface area (Å²) in [6, 6.07) is 0. The van der Waals surface area contributed by atoms with E-state index in [9.17, 15) is 109 Å². The molecule has 40 nitrogen and oxygen atoms in total. The summed E-state index contributed by atoms with van der Waals surface area (Å²) in [5, 5.41) is 138. The summed E-state index contributed by atoms with van der Waals surface area (Å²) >= 11 is 0. The Morgan fingerprint density at radius 3 is 1.03 bits per heavy atom. The number of Topliss-reactive ketones (excluding diaryl/α,β-unsaturated/α-hetero) is 1. The molecular formula is C65H118N7O33P. The van der Waals surface area contributed by atoms with Crippen LogP contribution in [-0.4, -0.2) is 343 Å². The van der Waals surface area contributed by atoms with Gasteiger partial charge in [-0.2, -0.15) is 0 Å². The number of ketones is 1. The zero-order valence-electron chi connectivity index (χ0n) is 60.4. The van der Waals surface area contributed by atoms with E-state index in [-0.39, 0.29) is 206 Å². The van der Waals surface area contributed by atoms with Gasteiger partial charge in [0.25, 0.3) is 0 Å². The van der Waals surface area contributed by atoms with Crippen molar-refractivity contribution in [2.45, 2.75) is 232 Å². The van der Waals surface area contributed by atoms with Gasteiger partial charge in [0.1, 0.15) is 84.6 Å². The van der Waals surface area contributed by atoms with Crippen molar-refractivity contribution in [2.24, 2.45) is 0 Å². The Kier molecular flexibility index (Phi) is 49.3. The lowest BCUT2D eigenvalue weighted by Gasteiger charge is -2.39. The van der Waals surface area contributed by atoms with Crippen LogP contribution in [-0.2, 0) is 94.6 Å². The van der Waals surface area contributed by atoms with E-state index in [0.717, 1.165) is 7.11 Å². The molecule has 7 amide bonds. The van der Waals surface area contributed by atoms with Crippen LogP contribution in [0.2, 0.25) is 0 Å². The number of phosphoric acid groups is 1. The van der Waals surface area contributed by atoms with Gasteiger partial charge in [0.2, 0.25) is 41.4 Å². The second-order valence-electron chi connectivity index (χ2n) is 25.8. The van der Waals surface area contributed by atoms with Gasteiger partial charge in [0.15, 0.2) is 18.9 Å². The van der Waals surface area contributed by atoms with Gasteiger partial charge in [0.05, 0.1) is 85.9 Å². The summed E-state index contributed by atoms with van der Waals surface area (Å²) in [4.78, 5) is 113. The number of carbonyl (C=O) groups is 8. The summed E-state index contributed by atoms with van der Waals surface area (Å²) in [6.45, 7) is -2.25. The molecular weight excluding hydrogens is 1440 g/mol. The first-order chi connectivity index (χ1) is 50.7. The van der Waals surface area contributed by atoms with Crippen LogP contribution in [0.3, 0.4) is 0 Å². The minimum atomic E-state index is -4.08. The Morgan fingerprint density at radius 2 is 0.660 bits per heavy atom. The van der Waals surface area contributed by atoms with Crippen LogP contribution >= 0.6 is 7.82 Å². The number of aliphatic hydroxyl groups excluding tert-OH is 12. The molecule has 0 radical (unpaired) electrons. The van der Waals surface area contributed by atoms with Gasteiger partial charge in [-0.3, -0.25) is 47.4 Å². The van der Waals surface area contributed by atoms with E-state index >= 15 is 0 Å². The Labute approximate surface area is 615 Å². The number of rotatable bonds is 60. The molecule has 3 fully saturated rings. The molecule has 106 heavy (non-hydrogen) atoms. The van der Waals surface area contributed by atoms with Crippen molar-refractivity contribution in [1.82, 2.24) is 37.2 Å². The van der Waals surface area contributed by atoms with Crippen molar-refractivity contribution in [2.75, 3.05) is 132 Å². The average Bonchev–Trinajstić information content (AvgIpc) is 0.833. The number of hydrogen-bond donors (Lipinski definition) is 20. The molecule has 7 unspecified atom stereocenters. The Balaban J connectivity index is 1.57. The molecule has 0 bridgehead atoms. The van der Waals surface area contributed by atoms with Gasteiger partial charge in [-0.15, -0.1) is 0 Å². The summed E-state index contributed by atoms with van der Waals surface area (Å²) in [5.41, 5.74) is -1.53. The van der Waals surface area contributed by atoms with Gasteiger partial charge < -0.3 is 146 Å². The molecule has 3 aliphatic rings. The lowest BCUT2D eigenvalue weighted by Crippen LogP contribution is -2.59. The number of phosphoric ester groups is 1. The second-order valence-corrected chi connectivity index (χ2v) is 27.4. The van der Waals surface area contributed by atoms with Crippen molar-refractivity contribution >= 4 is 55.0 Å². The third-order valence-corrected chi connectivity index (χ3v) is 17.9. The lowest BCUT2D eigenvalue weighted by atomic mass is 9.99. The number of hydrogen-bond acceptors (Lipinski definition) is 32. The second kappa shape index (κ2) is 54.8. The van der Waals surface area contributed by atoms with Crippen LogP contribution in [0, 0.1) is 0 Å². The van der Waals surface area contributed by atoms with Crippen LogP contribution in [0.1, 0.15) is 135 Å². The van der Waals surface area contributed by atoms with E-state index in [0.29, 0.717) is 57.9 Å². The molecule has 41 heteroatoms. The molecule has 0 aromatic carbocycles. The highest BCUT2D eigenvalue weighted by molar-refractivity contribution is 7.47. The Hall–Kier alpha value is -4.77. The van der Waals surface area contributed by atoms with E-state index in [1.54, 1.807) is 0 Å². The van der Waals surface area contributed by atoms with Gasteiger partial charge in [0, 0.05) is 104 Å². The Bertz CT molecular complexity index is 2350. The van der Waals surface area contributed by atoms with Crippen molar-refractivity contribution in [1.29, 1.82) is 0 Å². The van der Waals surface area contributed by atoms with Crippen LogP contribution in [0.25, 0.3) is 0 Å². The number of amides is 7. The molecule has 3 saturated heterocycles. The highest BCUT2D eigenvalue weighted by Crippen LogP contribution is 2.42. The minimum absolute atomic E-state index is 0.0158. The lowest BCUT2D eigenvalue weighted by molar-refractivity contribution is -0.301. The van der Waals surface area contributed by atoms with Crippen molar-refractivity contribution in [3.05, 3.63) is 0 Å². The van der Waals surface area contributed by atoms with Crippen LogP contribution in [0.4, 0.5) is 0 Å². The maximum Gasteiger partial charge on any atom is 0.471 e. The largest absolute Gasteiger partial charge is 0.471 e. The van der Waals surface area contributed by atoms with Crippen LogP contribution in [0.5, 0.6) is 0 Å². The molecule has 16 atom stereocenters. The summed E-state index contributed by atoms with van der Waals surface area (Å²) < 4.78 is 70.9. The van der Waals surface area contributed by atoms with Crippen molar-refractivity contribution in [3.63, 3.8) is 0 Å². The third kappa shape index (κ3) is 39.2. The van der Waals surface area contributed by atoms with E-state index in [4.69, 9.17) is 47.2 Å². The van der Waals surface area contributed by atoms with E-state index < -0.39 is 149 Å². The van der Waals surface area contributed by atoms with Crippen molar-refractivity contribution in [3.8, 4) is 0 Å². The fourth-order valence-corrected chi connectivity index (χ4v) is 11.2. The first-order valence-electron chi connectivity index (χ1n) is 36.2. The molecule has 3 rings (SSSR count). The summed E-state index contributed by atoms with van der Waals surface area (Å²) in [7, 11) is -3.02. The number of unbranched alkanes of at least 4 members (excludes halogenated alkanes) is 4. The molecule has 0 aromatic heterocycles. The minimum Gasteiger partial charge on any atom is -0.394 e. The molecule has 0 saturated carbocycles. The first-order valence-corrected chi connectivity index (χ1v) is 37.7. The molecule has 3 aliphatic heterocycles. The first kappa shape index (κ1) is 95.4. The van der Waals surface area contributed by atoms with Gasteiger partial charge >= 0.3 is 7.82 Å². The smallest absolute Gasteiger partial charge is 0.394 e. The fourth-order valence-electron chi connectivity index (χ4n) is 10.7. The third-order valence-electron chi connectivity index (χ3n) is 16.9. The zero-order valence-corrected chi connectivity index (χ0v) is 61.3. The Morgan fingerprint density at radius 1 is 0.349 bits per heavy atom. The molecule has 0 spiro atoms. The predicted molar refractivity (Wildman–Crippen MR) is 365 cm³/mol. The number of aliphatic hydroxyl groups is 12.